The van der Waals surface area contributed by atoms with E-state index < -0.39 is 17.7 Å². The van der Waals surface area contributed by atoms with E-state index in [9.17, 15) is 4.79 Å². The molecule has 1 rings (SSSR count). The van der Waals surface area contributed by atoms with Crippen molar-refractivity contribution in [3.05, 3.63) is 12.1 Å². The summed E-state index contributed by atoms with van der Waals surface area (Å²) in [4.78, 5) is 15.6. The average Bonchev–Trinajstić information content (AvgIpc) is 2.50. The van der Waals surface area contributed by atoms with Crippen LogP contribution in [0.25, 0.3) is 0 Å². The third-order valence-corrected chi connectivity index (χ3v) is 1.45. The third-order valence-electron chi connectivity index (χ3n) is 1.45. The quantitative estimate of drug-likeness (QED) is 0.539. The first-order valence-electron chi connectivity index (χ1n) is 4.14. The minimum Gasteiger partial charge on any atom is -0.492 e. The van der Waals surface area contributed by atoms with Crippen molar-refractivity contribution in [3.8, 4) is 11.8 Å². The van der Waals surface area contributed by atoms with Crippen molar-refractivity contribution in [2.75, 3.05) is 19.8 Å². The molecular formula is C8H11NO6. The molecule has 0 spiro atoms. The van der Waals surface area contributed by atoms with Gasteiger partial charge in [-0.1, -0.05) is 0 Å². The molecule has 1 heterocycles. The normalized spacial score (nSPS) is 10.2. The van der Waals surface area contributed by atoms with Gasteiger partial charge in [-0.05, 0) is 0 Å². The Kier molecular flexibility index (Phi) is 3.95. The maximum atomic E-state index is 11.0. The number of aromatic hydroxyl groups is 2. The summed E-state index contributed by atoms with van der Waals surface area (Å²) in [5.74, 6) is -1.60. The number of rotatable bonds is 5. The second-order valence-corrected chi connectivity index (χ2v) is 2.58. The topological polar surface area (TPSA) is 101 Å². The number of aliphatic hydroxyl groups is 1. The molecule has 0 unspecified atom stereocenters. The Balaban J connectivity index is 2.44. The first-order chi connectivity index (χ1) is 7.15. The van der Waals surface area contributed by atoms with Crippen LogP contribution in [0.4, 0.5) is 0 Å². The molecule has 0 bridgehead atoms. The Morgan fingerprint density at radius 2 is 1.93 bits per heavy atom. The fourth-order valence-corrected chi connectivity index (χ4v) is 0.844. The molecule has 15 heavy (non-hydrogen) atoms. The zero-order chi connectivity index (χ0) is 11.3. The summed E-state index contributed by atoms with van der Waals surface area (Å²) in [6, 6.07) is 2.33. The monoisotopic (exact) mass is 217 g/mol. The van der Waals surface area contributed by atoms with Crippen LogP contribution in [0.15, 0.2) is 12.1 Å². The van der Waals surface area contributed by atoms with Gasteiger partial charge in [0, 0.05) is 12.1 Å². The summed E-state index contributed by atoms with van der Waals surface area (Å²) >= 11 is 0. The van der Waals surface area contributed by atoms with E-state index in [4.69, 9.17) is 15.3 Å². The molecule has 0 aliphatic heterocycles. The number of carbonyl (C=O) groups is 1. The van der Waals surface area contributed by atoms with Crippen LogP contribution in [0.5, 0.6) is 11.8 Å². The molecule has 7 heteroatoms. The van der Waals surface area contributed by atoms with E-state index in [-0.39, 0.29) is 19.8 Å². The van der Waals surface area contributed by atoms with Crippen molar-refractivity contribution in [1.82, 2.24) is 4.73 Å². The van der Waals surface area contributed by atoms with E-state index in [2.05, 4.69) is 9.57 Å². The maximum absolute atomic E-state index is 11.0. The lowest BCUT2D eigenvalue weighted by molar-refractivity contribution is -0.151. The summed E-state index contributed by atoms with van der Waals surface area (Å²) in [5.41, 5.74) is 0. The van der Waals surface area contributed by atoms with Crippen molar-refractivity contribution in [3.63, 3.8) is 0 Å². The molecule has 3 N–H and O–H groups in total. The lowest BCUT2D eigenvalue weighted by atomic mass is 10.6. The second kappa shape index (κ2) is 5.23. The van der Waals surface area contributed by atoms with E-state index in [0.717, 1.165) is 12.1 Å². The highest BCUT2D eigenvalue weighted by molar-refractivity contribution is 5.71. The molecule has 0 atom stereocenters. The largest absolute Gasteiger partial charge is 0.492 e. The van der Waals surface area contributed by atoms with Crippen molar-refractivity contribution < 1.29 is 29.7 Å². The SMILES string of the molecule is O=C(COCCO)On1c(O)ccc1O. The first-order valence-corrected chi connectivity index (χ1v) is 4.14. The fourth-order valence-electron chi connectivity index (χ4n) is 0.844. The lowest BCUT2D eigenvalue weighted by Crippen LogP contribution is -2.24. The van der Waals surface area contributed by atoms with Crippen molar-refractivity contribution >= 4 is 5.97 Å². The smallest absolute Gasteiger partial charge is 0.358 e. The summed E-state index contributed by atoms with van der Waals surface area (Å²) in [5, 5.41) is 26.6. The summed E-state index contributed by atoms with van der Waals surface area (Å²) < 4.78 is 5.23. The zero-order valence-electron chi connectivity index (χ0n) is 7.79. The molecule has 0 aromatic carbocycles. The van der Waals surface area contributed by atoms with Gasteiger partial charge in [0.15, 0.2) is 0 Å². The van der Waals surface area contributed by atoms with Gasteiger partial charge in [0.2, 0.25) is 11.8 Å². The summed E-state index contributed by atoms with van der Waals surface area (Å²) in [6.07, 6.45) is 0. The standard InChI is InChI=1S/C8H11NO6/c10-3-4-14-5-8(13)15-9-6(11)1-2-7(9)12/h1-2,10-12H,3-5H2. The van der Waals surface area contributed by atoms with E-state index in [0.29, 0.717) is 4.73 Å². The highest BCUT2D eigenvalue weighted by Gasteiger charge is 2.11. The molecule has 1 aromatic rings. The first kappa shape index (κ1) is 11.3. The van der Waals surface area contributed by atoms with Gasteiger partial charge in [-0.15, -0.1) is 4.73 Å². The van der Waals surface area contributed by atoms with Gasteiger partial charge in [-0.25, -0.2) is 4.79 Å². The number of nitrogens with zero attached hydrogens (tertiary/aromatic N) is 1. The van der Waals surface area contributed by atoms with E-state index in [1.807, 2.05) is 0 Å². The lowest BCUT2D eigenvalue weighted by Gasteiger charge is -2.06. The van der Waals surface area contributed by atoms with Gasteiger partial charge in [-0.2, -0.15) is 0 Å². The number of hydrogen-bond donors (Lipinski definition) is 3. The number of aromatic nitrogens is 1. The molecule has 0 saturated carbocycles. The van der Waals surface area contributed by atoms with E-state index in [1.54, 1.807) is 0 Å². The Labute approximate surface area is 85.0 Å². The molecule has 1 aromatic heterocycles. The number of aliphatic hydroxyl groups excluding tert-OH is 1. The van der Waals surface area contributed by atoms with Gasteiger partial charge in [-0.3, -0.25) is 0 Å². The maximum Gasteiger partial charge on any atom is 0.358 e. The number of hydrogen-bond acceptors (Lipinski definition) is 6. The molecule has 7 nitrogen and oxygen atoms in total. The molecule has 0 amide bonds. The van der Waals surface area contributed by atoms with E-state index >= 15 is 0 Å². The van der Waals surface area contributed by atoms with Crippen LogP contribution in [0.2, 0.25) is 0 Å². The molecular weight excluding hydrogens is 206 g/mol. The Hall–Kier alpha value is -1.73. The van der Waals surface area contributed by atoms with Gasteiger partial charge in [0.1, 0.15) is 6.61 Å². The van der Waals surface area contributed by atoms with Gasteiger partial charge < -0.3 is 24.9 Å². The van der Waals surface area contributed by atoms with Crippen molar-refractivity contribution in [2.24, 2.45) is 0 Å². The summed E-state index contributed by atoms with van der Waals surface area (Å²) in [6.45, 7) is -0.566. The van der Waals surface area contributed by atoms with Gasteiger partial charge in [0.25, 0.3) is 0 Å². The highest BCUT2D eigenvalue weighted by atomic mass is 16.7. The van der Waals surface area contributed by atoms with Crippen LogP contribution in [0.1, 0.15) is 0 Å². The molecule has 0 aliphatic carbocycles. The average molecular weight is 217 g/mol. The molecule has 0 saturated heterocycles. The predicted octanol–water partition coefficient (Wildman–Crippen LogP) is -1.14. The number of ether oxygens (including phenoxy) is 1. The second-order valence-electron chi connectivity index (χ2n) is 2.58. The molecule has 0 radical (unpaired) electrons. The molecule has 84 valence electrons. The Bertz CT molecular complexity index is 314. The minimum atomic E-state index is -0.801. The van der Waals surface area contributed by atoms with Crippen LogP contribution in [-0.4, -0.2) is 45.8 Å². The predicted molar refractivity (Wildman–Crippen MR) is 47.3 cm³/mol. The zero-order valence-corrected chi connectivity index (χ0v) is 7.79. The van der Waals surface area contributed by atoms with Crippen molar-refractivity contribution in [2.45, 2.75) is 0 Å². The van der Waals surface area contributed by atoms with E-state index in [1.165, 1.54) is 0 Å². The Morgan fingerprint density at radius 3 is 2.47 bits per heavy atom. The molecule has 0 aliphatic rings. The van der Waals surface area contributed by atoms with Crippen LogP contribution >= 0.6 is 0 Å². The van der Waals surface area contributed by atoms with Gasteiger partial charge >= 0.3 is 5.97 Å². The Morgan fingerprint density at radius 1 is 1.33 bits per heavy atom. The van der Waals surface area contributed by atoms with Crippen LogP contribution in [0.3, 0.4) is 0 Å². The van der Waals surface area contributed by atoms with Gasteiger partial charge in [0.05, 0.1) is 13.2 Å². The highest BCUT2D eigenvalue weighted by Crippen LogP contribution is 2.18. The van der Waals surface area contributed by atoms with Crippen molar-refractivity contribution in [1.29, 1.82) is 0 Å². The van der Waals surface area contributed by atoms with Crippen LogP contribution in [-0.2, 0) is 9.53 Å². The number of carbonyl (C=O) groups excluding carboxylic acids is 1. The fraction of sp³-hybridized carbons (Fsp3) is 0.375. The summed E-state index contributed by atoms with van der Waals surface area (Å²) in [7, 11) is 0. The molecule has 0 fully saturated rings. The van der Waals surface area contributed by atoms with Crippen LogP contribution in [0, 0.1) is 0 Å². The van der Waals surface area contributed by atoms with Crippen LogP contribution < -0.4 is 4.84 Å². The third kappa shape index (κ3) is 3.15. The minimum absolute atomic E-state index is 0.0126.